The number of amides is 1. The number of carbonyl (C=O) groups is 1. The van der Waals surface area contributed by atoms with Crippen LogP contribution in [0.4, 0.5) is 0 Å². The standard InChI is InChI=1S/C20H28N4O2S/c1-12-6-5-7-17(13(12)2)21-19(25)14(3)27-20-22-18(23-24-20)15-8-10-16(26-4)11-9-15/h8-14,17H,5-7H2,1-4H3,(H,21,25)(H,22,23,24)/t12-,13+,14+,17+/m0/s1. The molecule has 0 radical (unpaired) electrons. The Bertz CT molecular complexity index is 762. The molecule has 4 atom stereocenters. The minimum absolute atomic E-state index is 0.0572. The van der Waals surface area contributed by atoms with Gasteiger partial charge in [0.2, 0.25) is 11.1 Å². The SMILES string of the molecule is COc1ccc(-c2nc(S[C@H](C)C(=O)N[C@@H]3CCC[C@H](C)[C@H]3C)n[nH]2)cc1. The zero-order chi connectivity index (χ0) is 19.4. The first-order chi connectivity index (χ1) is 13.0. The van der Waals surface area contributed by atoms with Crippen LogP contribution in [0.2, 0.25) is 0 Å². The lowest BCUT2D eigenvalue weighted by atomic mass is 9.78. The van der Waals surface area contributed by atoms with E-state index in [1.54, 1.807) is 7.11 Å². The Morgan fingerprint density at radius 2 is 2.04 bits per heavy atom. The third kappa shape index (κ3) is 4.83. The van der Waals surface area contributed by atoms with Crippen molar-refractivity contribution in [3.05, 3.63) is 24.3 Å². The average molecular weight is 389 g/mol. The van der Waals surface area contributed by atoms with Gasteiger partial charge in [0.1, 0.15) is 5.75 Å². The Kier molecular flexibility index (Phi) is 6.42. The highest BCUT2D eigenvalue weighted by Crippen LogP contribution is 2.30. The van der Waals surface area contributed by atoms with Crippen LogP contribution >= 0.6 is 11.8 Å². The molecule has 1 saturated carbocycles. The van der Waals surface area contributed by atoms with E-state index in [0.717, 1.165) is 17.7 Å². The van der Waals surface area contributed by atoms with Crippen LogP contribution < -0.4 is 10.1 Å². The highest BCUT2D eigenvalue weighted by Gasteiger charge is 2.29. The maximum Gasteiger partial charge on any atom is 0.233 e. The van der Waals surface area contributed by atoms with Crippen LogP contribution in [-0.4, -0.2) is 39.5 Å². The maximum atomic E-state index is 12.6. The van der Waals surface area contributed by atoms with Gasteiger partial charge in [-0.3, -0.25) is 9.89 Å². The highest BCUT2D eigenvalue weighted by atomic mass is 32.2. The summed E-state index contributed by atoms with van der Waals surface area (Å²) in [5, 5.41) is 10.8. The number of carbonyl (C=O) groups excluding carboxylic acids is 1. The third-order valence-corrected chi connectivity index (χ3v) is 6.48. The van der Waals surface area contributed by atoms with Crippen molar-refractivity contribution in [2.24, 2.45) is 11.8 Å². The molecule has 1 aliphatic rings. The molecule has 1 heterocycles. The number of hydrogen-bond donors (Lipinski definition) is 2. The van der Waals surface area contributed by atoms with Crippen LogP contribution in [0.3, 0.4) is 0 Å². The van der Waals surface area contributed by atoms with Crippen LogP contribution in [0.1, 0.15) is 40.0 Å². The smallest absolute Gasteiger partial charge is 0.233 e. The Labute approximate surface area is 164 Å². The topological polar surface area (TPSA) is 79.9 Å². The van der Waals surface area contributed by atoms with E-state index >= 15 is 0 Å². The van der Waals surface area contributed by atoms with Crippen molar-refractivity contribution >= 4 is 17.7 Å². The fourth-order valence-corrected chi connectivity index (χ4v) is 4.21. The number of nitrogens with zero attached hydrogens (tertiary/aromatic N) is 2. The van der Waals surface area contributed by atoms with Gasteiger partial charge in [-0.15, -0.1) is 5.10 Å². The van der Waals surface area contributed by atoms with Gasteiger partial charge in [-0.1, -0.05) is 38.5 Å². The summed E-state index contributed by atoms with van der Waals surface area (Å²) >= 11 is 1.38. The number of ether oxygens (including phenoxy) is 1. The van der Waals surface area contributed by atoms with Gasteiger partial charge in [0.15, 0.2) is 5.82 Å². The Hall–Kier alpha value is -2.02. The number of nitrogens with one attached hydrogen (secondary N) is 2. The Morgan fingerprint density at radius 1 is 1.30 bits per heavy atom. The molecule has 0 spiro atoms. The second kappa shape index (κ2) is 8.78. The molecule has 27 heavy (non-hydrogen) atoms. The van der Waals surface area contributed by atoms with Crippen molar-refractivity contribution in [2.75, 3.05) is 7.11 Å². The zero-order valence-corrected chi connectivity index (χ0v) is 17.2. The monoisotopic (exact) mass is 388 g/mol. The second-order valence-electron chi connectivity index (χ2n) is 7.34. The summed E-state index contributed by atoms with van der Waals surface area (Å²) in [5.41, 5.74) is 0.928. The molecule has 1 aromatic carbocycles. The number of hydrogen-bond acceptors (Lipinski definition) is 5. The van der Waals surface area contributed by atoms with Crippen molar-refractivity contribution in [3.8, 4) is 17.1 Å². The van der Waals surface area contributed by atoms with Crippen molar-refractivity contribution in [3.63, 3.8) is 0 Å². The number of benzene rings is 1. The summed E-state index contributed by atoms with van der Waals surface area (Å²) in [6, 6.07) is 7.89. The van der Waals surface area contributed by atoms with Gasteiger partial charge >= 0.3 is 0 Å². The van der Waals surface area contributed by atoms with E-state index < -0.39 is 0 Å². The molecule has 2 N–H and O–H groups in total. The zero-order valence-electron chi connectivity index (χ0n) is 16.4. The molecule has 0 unspecified atom stereocenters. The minimum atomic E-state index is -0.242. The molecule has 0 bridgehead atoms. The van der Waals surface area contributed by atoms with Crippen LogP contribution in [0, 0.1) is 11.8 Å². The molecule has 0 saturated heterocycles. The first-order valence-electron chi connectivity index (χ1n) is 9.51. The molecule has 1 aliphatic carbocycles. The first-order valence-corrected chi connectivity index (χ1v) is 10.4. The summed E-state index contributed by atoms with van der Waals surface area (Å²) in [6.45, 7) is 6.42. The van der Waals surface area contributed by atoms with E-state index in [0.29, 0.717) is 22.8 Å². The lowest BCUT2D eigenvalue weighted by Crippen LogP contribution is -2.46. The van der Waals surface area contributed by atoms with Crippen LogP contribution in [0.5, 0.6) is 5.75 Å². The van der Waals surface area contributed by atoms with Gasteiger partial charge in [-0.2, -0.15) is 0 Å². The van der Waals surface area contributed by atoms with Crippen LogP contribution in [0.25, 0.3) is 11.4 Å². The summed E-state index contributed by atoms with van der Waals surface area (Å²) in [6.07, 6.45) is 3.50. The normalized spacial score (nSPS) is 23.6. The lowest BCUT2D eigenvalue weighted by molar-refractivity contribution is -0.121. The lowest BCUT2D eigenvalue weighted by Gasteiger charge is -2.35. The van der Waals surface area contributed by atoms with Crippen LogP contribution in [-0.2, 0) is 4.79 Å². The molecule has 0 aliphatic heterocycles. The van der Waals surface area contributed by atoms with E-state index in [4.69, 9.17) is 4.74 Å². The second-order valence-corrected chi connectivity index (χ2v) is 8.65. The number of rotatable bonds is 6. The predicted octanol–water partition coefficient (Wildman–Crippen LogP) is 3.90. The molecular formula is C20H28N4O2S. The molecule has 7 heteroatoms. The summed E-state index contributed by atoms with van der Waals surface area (Å²) < 4.78 is 5.17. The van der Waals surface area contributed by atoms with E-state index in [9.17, 15) is 4.79 Å². The summed E-state index contributed by atoms with van der Waals surface area (Å²) in [7, 11) is 1.64. The average Bonchev–Trinajstić information content (AvgIpc) is 3.14. The summed E-state index contributed by atoms with van der Waals surface area (Å²) in [5.74, 6) is 2.71. The van der Waals surface area contributed by atoms with Gasteiger partial charge in [0, 0.05) is 11.6 Å². The van der Waals surface area contributed by atoms with E-state index in [-0.39, 0.29) is 17.2 Å². The number of aromatic nitrogens is 3. The van der Waals surface area contributed by atoms with Crippen LogP contribution in [0.15, 0.2) is 29.4 Å². The number of thioether (sulfide) groups is 1. The van der Waals surface area contributed by atoms with Gasteiger partial charge in [0.05, 0.1) is 12.4 Å². The van der Waals surface area contributed by atoms with Crippen molar-refractivity contribution < 1.29 is 9.53 Å². The molecule has 1 fully saturated rings. The highest BCUT2D eigenvalue weighted by molar-refractivity contribution is 8.00. The van der Waals surface area contributed by atoms with Gasteiger partial charge in [0.25, 0.3) is 0 Å². The van der Waals surface area contributed by atoms with Gasteiger partial charge < -0.3 is 10.1 Å². The third-order valence-electron chi connectivity index (χ3n) is 5.51. The fraction of sp³-hybridized carbons (Fsp3) is 0.550. The summed E-state index contributed by atoms with van der Waals surface area (Å²) in [4.78, 5) is 17.1. The van der Waals surface area contributed by atoms with Gasteiger partial charge in [-0.25, -0.2) is 4.98 Å². The van der Waals surface area contributed by atoms with E-state index in [2.05, 4.69) is 34.3 Å². The molecule has 146 valence electrons. The largest absolute Gasteiger partial charge is 0.497 e. The minimum Gasteiger partial charge on any atom is -0.497 e. The molecule has 2 aromatic rings. The molecule has 3 rings (SSSR count). The first kappa shape index (κ1) is 19.7. The Morgan fingerprint density at radius 3 is 2.74 bits per heavy atom. The quantitative estimate of drug-likeness (QED) is 0.734. The predicted molar refractivity (Wildman–Crippen MR) is 108 cm³/mol. The number of aromatic amines is 1. The van der Waals surface area contributed by atoms with Crippen molar-refractivity contribution in [2.45, 2.75) is 56.5 Å². The van der Waals surface area contributed by atoms with E-state index in [1.807, 2.05) is 31.2 Å². The fourth-order valence-electron chi connectivity index (χ4n) is 3.47. The van der Waals surface area contributed by atoms with Crippen molar-refractivity contribution in [1.29, 1.82) is 0 Å². The maximum absolute atomic E-state index is 12.6. The number of methoxy groups -OCH3 is 1. The molecular weight excluding hydrogens is 360 g/mol. The molecule has 1 aromatic heterocycles. The number of H-pyrrole nitrogens is 1. The Balaban J connectivity index is 1.58. The van der Waals surface area contributed by atoms with Crippen molar-refractivity contribution in [1.82, 2.24) is 20.5 Å². The molecule has 6 nitrogen and oxygen atoms in total. The molecule has 1 amide bonds. The van der Waals surface area contributed by atoms with E-state index in [1.165, 1.54) is 24.6 Å². The van der Waals surface area contributed by atoms with Gasteiger partial charge in [-0.05, 0) is 49.4 Å².